The highest BCUT2D eigenvalue weighted by Crippen LogP contribution is 2.38. The van der Waals surface area contributed by atoms with Crippen molar-refractivity contribution in [3.05, 3.63) is 62.1 Å². The monoisotopic (exact) mass is 315 g/mol. The van der Waals surface area contributed by atoms with E-state index in [1.807, 2.05) is 24.7 Å². The van der Waals surface area contributed by atoms with Crippen molar-refractivity contribution in [3.8, 4) is 0 Å². The maximum atomic E-state index is 8.36. The summed E-state index contributed by atoms with van der Waals surface area (Å²) in [5.41, 5.74) is 2.57. The van der Waals surface area contributed by atoms with Gasteiger partial charge in [-0.3, -0.25) is 0 Å². The summed E-state index contributed by atoms with van der Waals surface area (Å²) in [6.45, 7) is 0. The molecule has 0 spiro atoms. The zero-order valence-corrected chi connectivity index (χ0v) is 11.8. The fraction of sp³-hybridized carbons (Fsp3) is 0.250. The first-order valence-electron chi connectivity index (χ1n) is 5.77. The van der Waals surface area contributed by atoms with Gasteiger partial charge in [0.2, 0.25) is 0 Å². The molecule has 1 unspecified atom stereocenters. The Labute approximate surface area is 124 Å². The van der Waals surface area contributed by atoms with Crippen molar-refractivity contribution >= 4 is 23.2 Å². The second kappa shape index (κ2) is 6.11. The van der Waals surface area contributed by atoms with Crippen LogP contribution in [0.15, 0.2) is 30.9 Å². The van der Waals surface area contributed by atoms with Crippen LogP contribution in [-0.2, 0) is 6.42 Å². The van der Waals surface area contributed by atoms with Crippen molar-refractivity contribution in [2.24, 2.45) is 0 Å². The zero-order valence-electron chi connectivity index (χ0n) is 10.2. The first-order valence-corrected chi connectivity index (χ1v) is 6.53. The minimum Gasteiger partial charge on any atom is -0.330 e. The molecule has 1 atom stereocenters. The number of hydrogen-bond donors (Lipinski definition) is 1. The summed E-state index contributed by atoms with van der Waals surface area (Å²) in [5, 5.41) is 14.9. The molecule has 1 N–H and O–H groups in total. The van der Waals surface area contributed by atoms with Crippen molar-refractivity contribution in [1.29, 1.82) is 0 Å². The van der Waals surface area contributed by atoms with Gasteiger partial charge in [-0.2, -0.15) is 0 Å². The Bertz CT molecular complexity index is 613. The topological polar surface area (TPSA) is 81.2 Å². The number of imidazole rings is 1. The molecule has 1 aromatic carbocycles. The smallest absolute Gasteiger partial charge is 0.291 e. The third-order valence-corrected chi connectivity index (χ3v) is 3.84. The molecule has 20 heavy (non-hydrogen) atoms. The first kappa shape index (κ1) is 14.6. The highest BCUT2D eigenvalue weighted by Gasteiger charge is 2.24. The van der Waals surface area contributed by atoms with Crippen LogP contribution in [0.5, 0.6) is 0 Å². The fourth-order valence-corrected chi connectivity index (χ4v) is 2.70. The summed E-state index contributed by atoms with van der Waals surface area (Å²) in [4.78, 5) is 12.4. The van der Waals surface area contributed by atoms with E-state index in [0.29, 0.717) is 16.1 Å². The van der Waals surface area contributed by atoms with Crippen LogP contribution in [0.4, 0.5) is 0 Å². The molecule has 1 aliphatic carbocycles. The number of aryl methyl sites for hydroxylation is 1. The molecule has 1 aromatic heterocycles. The fourth-order valence-electron chi connectivity index (χ4n) is 2.34. The number of benzene rings is 1. The van der Waals surface area contributed by atoms with Gasteiger partial charge >= 0.3 is 0 Å². The molecule has 6 nitrogen and oxygen atoms in total. The zero-order chi connectivity index (χ0) is 14.7. The molecule has 8 heteroatoms. The highest BCUT2D eigenvalue weighted by atomic mass is 35.5. The molecule has 0 bridgehead atoms. The Balaban J connectivity index is 0.000000328. The van der Waals surface area contributed by atoms with Crippen LogP contribution in [0.25, 0.3) is 0 Å². The standard InChI is InChI=1S/C12H10Cl2N2.HNO3/c13-10-5-8-1-2-12(9(8)6-11(10)14)16-4-3-15-7-16;2-1(3)4/h3-7,12H,1-2H2;(H,2,3,4). The van der Waals surface area contributed by atoms with Crippen LogP contribution in [0.3, 0.4) is 0 Å². The number of fused-ring (bicyclic) bond motifs is 1. The molecular formula is C12H11Cl2N3O3. The van der Waals surface area contributed by atoms with Crippen molar-refractivity contribution in [2.75, 3.05) is 0 Å². The van der Waals surface area contributed by atoms with E-state index in [1.54, 1.807) is 6.20 Å². The SMILES string of the molecule is Clc1cc2c(cc1Cl)C(n1ccnc1)CC2.O=[N+]([O-])O. The molecular weight excluding hydrogens is 305 g/mol. The third kappa shape index (κ3) is 3.20. The molecule has 2 aromatic rings. The van der Waals surface area contributed by atoms with Gasteiger partial charge in [-0.1, -0.05) is 23.2 Å². The number of hydrogen-bond acceptors (Lipinski definition) is 3. The van der Waals surface area contributed by atoms with Crippen LogP contribution in [0.2, 0.25) is 10.0 Å². The minimum atomic E-state index is -1.50. The highest BCUT2D eigenvalue weighted by molar-refractivity contribution is 6.42. The summed E-state index contributed by atoms with van der Waals surface area (Å²) in [5.74, 6) is 0. The Morgan fingerprint density at radius 1 is 1.40 bits per heavy atom. The molecule has 0 aliphatic heterocycles. The summed E-state index contributed by atoms with van der Waals surface area (Å²) in [6, 6.07) is 4.32. The summed E-state index contributed by atoms with van der Waals surface area (Å²) >= 11 is 12.1. The second-order valence-electron chi connectivity index (χ2n) is 4.27. The summed E-state index contributed by atoms with van der Waals surface area (Å²) in [7, 11) is 0. The van der Waals surface area contributed by atoms with Gasteiger partial charge < -0.3 is 9.77 Å². The van der Waals surface area contributed by atoms with Crippen molar-refractivity contribution in [1.82, 2.24) is 9.55 Å². The van der Waals surface area contributed by atoms with Crippen molar-refractivity contribution < 1.29 is 10.3 Å². The molecule has 1 heterocycles. The Hall–Kier alpha value is -1.79. The molecule has 0 radical (unpaired) electrons. The average Bonchev–Trinajstić information content (AvgIpc) is 2.97. The van der Waals surface area contributed by atoms with Crippen LogP contribution >= 0.6 is 23.2 Å². The Kier molecular flexibility index (Phi) is 4.46. The molecule has 1 aliphatic rings. The van der Waals surface area contributed by atoms with Gasteiger partial charge in [0.15, 0.2) is 0 Å². The van der Waals surface area contributed by atoms with E-state index < -0.39 is 5.09 Å². The lowest BCUT2D eigenvalue weighted by Gasteiger charge is -2.13. The Morgan fingerprint density at radius 2 is 2.05 bits per heavy atom. The molecule has 0 fully saturated rings. The van der Waals surface area contributed by atoms with E-state index in [0.717, 1.165) is 12.8 Å². The minimum absolute atomic E-state index is 0.354. The largest absolute Gasteiger partial charge is 0.330 e. The summed E-state index contributed by atoms with van der Waals surface area (Å²) in [6.07, 6.45) is 7.78. The van der Waals surface area contributed by atoms with Gasteiger partial charge in [0, 0.05) is 12.4 Å². The van der Waals surface area contributed by atoms with Crippen LogP contribution < -0.4 is 0 Å². The number of nitrogens with zero attached hydrogens (tertiary/aromatic N) is 3. The van der Waals surface area contributed by atoms with Crippen molar-refractivity contribution in [2.45, 2.75) is 18.9 Å². The number of halogens is 2. The van der Waals surface area contributed by atoms with Crippen molar-refractivity contribution in [3.63, 3.8) is 0 Å². The quantitative estimate of drug-likeness (QED) is 0.646. The van der Waals surface area contributed by atoms with Crippen LogP contribution in [0, 0.1) is 10.1 Å². The molecule has 106 valence electrons. The first-order chi connectivity index (χ1) is 9.49. The summed E-state index contributed by atoms with van der Waals surface area (Å²) < 4.78 is 2.12. The Morgan fingerprint density at radius 3 is 2.65 bits per heavy atom. The normalized spacial score (nSPS) is 16.2. The predicted molar refractivity (Wildman–Crippen MR) is 73.9 cm³/mol. The van der Waals surface area contributed by atoms with E-state index >= 15 is 0 Å². The third-order valence-electron chi connectivity index (χ3n) is 3.11. The van der Waals surface area contributed by atoms with E-state index in [9.17, 15) is 0 Å². The van der Waals surface area contributed by atoms with Gasteiger partial charge in [-0.15, -0.1) is 10.1 Å². The average molecular weight is 316 g/mol. The van der Waals surface area contributed by atoms with Gasteiger partial charge in [0.25, 0.3) is 5.09 Å². The number of rotatable bonds is 1. The van der Waals surface area contributed by atoms with E-state index in [-0.39, 0.29) is 0 Å². The molecule has 3 rings (SSSR count). The van der Waals surface area contributed by atoms with E-state index in [1.165, 1.54) is 11.1 Å². The van der Waals surface area contributed by atoms with Gasteiger partial charge in [-0.25, -0.2) is 4.98 Å². The molecule has 0 amide bonds. The molecule has 0 saturated heterocycles. The van der Waals surface area contributed by atoms with Crippen LogP contribution in [-0.4, -0.2) is 19.8 Å². The van der Waals surface area contributed by atoms with E-state index in [2.05, 4.69) is 9.55 Å². The maximum Gasteiger partial charge on any atom is 0.291 e. The predicted octanol–water partition coefficient (Wildman–Crippen LogP) is 3.38. The lowest BCUT2D eigenvalue weighted by atomic mass is 10.1. The molecule has 0 saturated carbocycles. The lowest BCUT2D eigenvalue weighted by Crippen LogP contribution is -2.04. The van der Waals surface area contributed by atoms with Gasteiger partial charge in [-0.05, 0) is 36.1 Å². The lowest BCUT2D eigenvalue weighted by molar-refractivity contribution is -0.742. The van der Waals surface area contributed by atoms with E-state index in [4.69, 9.17) is 38.5 Å². The second-order valence-corrected chi connectivity index (χ2v) is 5.08. The maximum absolute atomic E-state index is 8.36. The van der Waals surface area contributed by atoms with Gasteiger partial charge in [0.1, 0.15) is 0 Å². The van der Waals surface area contributed by atoms with Gasteiger partial charge in [0.05, 0.1) is 22.4 Å². The van der Waals surface area contributed by atoms with Crippen LogP contribution in [0.1, 0.15) is 23.6 Å². The number of aromatic nitrogens is 2.